The summed E-state index contributed by atoms with van der Waals surface area (Å²) in [6.07, 6.45) is -2.15. The van der Waals surface area contributed by atoms with Gasteiger partial charge in [-0.15, -0.1) is 0 Å². The summed E-state index contributed by atoms with van der Waals surface area (Å²) in [5.41, 5.74) is 2.10. The van der Waals surface area contributed by atoms with E-state index >= 15 is 0 Å². The Hall–Kier alpha value is -5.91. The summed E-state index contributed by atoms with van der Waals surface area (Å²) in [5.74, 6) is -1.46. The van der Waals surface area contributed by atoms with E-state index in [2.05, 4.69) is 32.1 Å². The van der Waals surface area contributed by atoms with Crippen LogP contribution in [0.5, 0.6) is 17.2 Å². The monoisotopic (exact) mass is 590 g/mol. The normalized spacial score (nSPS) is 10.0. The number of carbonyl (C=O) groups excluding carboxylic acids is 5. The first-order chi connectivity index (χ1) is 20.5. The second-order valence-corrected chi connectivity index (χ2v) is 8.62. The molecule has 12 heteroatoms. The molecule has 43 heavy (non-hydrogen) atoms. The van der Waals surface area contributed by atoms with Crippen LogP contribution in [0.1, 0.15) is 24.2 Å². The summed E-state index contributed by atoms with van der Waals surface area (Å²) < 4.78 is 34.0. The quantitative estimate of drug-likeness (QED) is 0.0878. The summed E-state index contributed by atoms with van der Waals surface area (Å²) in [6.45, 7) is 8.47. The molecule has 0 radical (unpaired) electrons. The van der Waals surface area contributed by atoms with E-state index in [-0.39, 0.29) is 34.0 Å². The van der Waals surface area contributed by atoms with Crippen LogP contribution in [0.4, 0.5) is 9.59 Å². The van der Waals surface area contributed by atoms with E-state index in [1.54, 1.807) is 48.5 Å². The largest absolute Gasteiger partial charge is 0.516 e. The number of esters is 3. The summed E-state index contributed by atoms with van der Waals surface area (Å²) >= 11 is 0. The minimum atomic E-state index is -1.10. The summed E-state index contributed by atoms with van der Waals surface area (Å²) in [4.78, 5) is 58.5. The molecule has 0 aromatic heterocycles. The zero-order valence-corrected chi connectivity index (χ0v) is 23.2. The van der Waals surface area contributed by atoms with Gasteiger partial charge in [-0.2, -0.15) is 0 Å². The SMILES string of the molecule is C=C(C)C(=O)OCOC(=O)Oc1ccc(C(=O)Oc2ccc(-c3ccc(OC(=O)OCOC(=O)C(=C)C)cc3)cc2)cc1. The molecule has 0 saturated heterocycles. The molecule has 0 aliphatic heterocycles. The van der Waals surface area contributed by atoms with E-state index in [4.69, 9.17) is 14.2 Å². The molecule has 0 aliphatic rings. The van der Waals surface area contributed by atoms with Gasteiger partial charge in [-0.1, -0.05) is 37.4 Å². The van der Waals surface area contributed by atoms with Crippen molar-refractivity contribution in [3.8, 4) is 28.4 Å². The van der Waals surface area contributed by atoms with Crippen molar-refractivity contribution in [2.24, 2.45) is 0 Å². The summed E-state index contributed by atoms with van der Waals surface area (Å²) in [6, 6.07) is 18.7. The minimum Gasteiger partial charge on any atom is -0.424 e. The van der Waals surface area contributed by atoms with Crippen LogP contribution in [-0.2, 0) is 28.5 Å². The molecule has 0 aliphatic carbocycles. The van der Waals surface area contributed by atoms with Gasteiger partial charge in [0.05, 0.1) is 5.56 Å². The molecule has 0 fully saturated rings. The fourth-order valence-electron chi connectivity index (χ4n) is 3.02. The molecule has 0 saturated carbocycles. The lowest BCUT2D eigenvalue weighted by Gasteiger charge is -2.09. The highest BCUT2D eigenvalue weighted by Gasteiger charge is 2.13. The van der Waals surface area contributed by atoms with E-state index < -0.39 is 43.8 Å². The predicted molar refractivity (Wildman–Crippen MR) is 149 cm³/mol. The Morgan fingerprint density at radius 2 is 0.860 bits per heavy atom. The van der Waals surface area contributed by atoms with Crippen molar-refractivity contribution in [2.75, 3.05) is 13.6 Å². The average molecular weight is 591 g/mol. The van der Waals surface area contributed by atoms with Gasteiger partial charge in [-0.25, -0.2) is 24.0 Å². The molecule has 0 spiro atoms. The molecule has 0 bridgehead atoms. The first-order valence-corrected chi connectivity index (χ1v) is 12.4. The molecule has 12 nitrogen and oxygen atoms in total. The lowest BCUT2D eigenvalue weighted by molar-refractivity contribution is -0.148. The molecule has 0 unspecified atom stereocenters. The van der Waals surface area contributed by atoms with Crippen LogP contribution in [0, 0.1) is 0 Å². The van der Waals surface area contributed by atoms with Gasteiger partial charge in [-0.3, -0.25) is 0 Å². The van der Waals surface area contributed by atoms with Gasteiger partial charge in [0.15, 0.2) is 0 Å². The van der Waals surface area contributed by atoms with Gasteiger partial charge in [0.25, 0.3) is 0 Å². The minimum absolute atomic E-state index is 0.0922. The number of carbonyl (C=O) groups is 5. The molecule has 3 aromatic rings. The predicted octanol–water partition coefficient (Wildman–Crippen LogP) is 5.76. The second kappa shape index (κ2) is 15.2. The van der Waals surface area contributed by atoms with Crippen LogP contribution in [0.25, 0.3) is 11.1 Å². The molecule has 0 atom stereocenters. The molecule has 3 rings (SSSR count). The van der Waals surface area contributed by atoms with E-state index in [9.17, 15) is 24.0 Å². The number of benzene rings is 3. The Kier molecular flexibility index (Phi) is 11.2. The third-order valence-corrected chi connectivity index (χ3v) is 5.18. The smallest absolute Gasteiger partial charge is 0.424 e. The first kappa shape index (κ1) is 31.6. The molecular formula is C31H26O12. The van der Waals surface area contributed by atoms with Crippen molar-refractivity contribution in [3.63, 3.8) is 0 Å². The molecule has 0 heterocycles. The van der Waals surface area contributed by atoms with Crippen LogP contribution in [0.2, 0.25) is 0 Å². The molecule has 3 aromatic carbocycles. The van der Waals surface area contributed by atoms with Crippen LogP contribution < -0.4 is 14.2 Å². The van der Waals surface area contributed by atoms with Gasteiger partial charge < -0.3 is 33.2 Å². The second-order valence-electron chi connectivity index (χ2n) is 8.62. The Balaban J connectivity index is 1.46. The first-order valence-electron chi connectivity index (χ1n) is 12.4. The standard InChI is InChI=1S/C31H26O12/c1-19(2)27(32)37-17-39-30(35)42-25-13-7-22(8-14-25)21-5-11-24(12-6-21)41-29(34)23-9-15-26(16-10-23)43-31(36)40-18-38-28(33)20(3)4/h5-16H,1,3,17-18H2,2,4H3. The molecule has 222 valence electrons. The van der Waals surface area contributed by atoms with Crippen molar-refractivity contribution < 1.29 is 57.1 Å². The zero-order valence-electron chi connectivity index (χ0n) is 23.2. The molecule has 0 amide bonds. The highest BCUT2D eigenvalue weighted by atomic mass is 16.8. The van der Waals surface area contributed by atoms with E-state index in [0.29, 0.717) is 0 Å². The van der Waals surface area contributed by atoms with Crippen LogP contribution >= 0.6 is 0 Å². The van der Waals surface area contributed by atoms with Crippen molar-refractivity contribution in [2.45, 2.75) is 13.8 Å². The average Bonchev–Trinajstić information content (AvgIpc) is 2.98. The van der Waals surface area contributed by atoms with Crippen molar-refractivity contribution >= 4 is 30.2 Å². The van der Waals surface area contributed by atoms with Crippen molar-refractivity contribution in [1.82, 2.24) is 0 Å². The number of rotatable bonds is 11. The summed E-state index contributed by atoms with van der Waals surface area (Å²) in [7, 11) is 0. The van der Waals surface area contributed by atoms with Crippen LogP contribution in [0.15, 0.2) is 97.1 Å². The maximum absolute atomic E-state index is 12.5. The van der Waals surface area contributed by atoms with Gasteiger partial charge in [-0.05, 0) is 73.5 Å². The van der Waals surface area contributed by atoms with Gasteiger partial charge in [0.1, 0.15) is 17.2 Å². The Morgan fingerprint density at radius 3 is 1.23 bits per heavy atom. The van der Waals surface area contributed by atoms with Gasteiger partial charge >= 0.3 is 30.2 Å². The molecule has 0 N–H and O–H groups in total. The zero-order chi connectivity index (χ0) is 31.4. The van der Waals surface area contributed by atoms with Crippen LogP contribution in [0.3, 0.4) is 0 Å². The van der Waals surface area contributed by atoms with E-state index in [0.717, 1.165) is 11.1 Å². The lowest BCUT2D eigenvalue weighted by atomic mass is 10.1. The summed E-state index contributed by atoms with van der Waals surface area (Å²) in [5, 5.41) is 0. The Morgan fingerprint density at radius 1 is 0.512 bits per heavy atom. The lowest BCUT2D eigenvalue weighted by Crippen LogP contribution is -2.16. The number of hydrogen-bond acceptors (Lipinski definition) is 12. The third kappa shape index (κ3) is 10.2. The Labute approximate surface area is 246 Å². The topological polar surface area (TPSA) is 150 Å². The number of ether oxygens (including phenoxy) is 7. The van der Waals surface area contributed by atoms with Crippen molar-refractivity contribution in [1.29, 1.82) is 0 Å². The fraction of sp³-hybridized carbons (Fsp3) is 0.129. The van der Waals surface area contributed by atoms with E-state index in [1.165, 1.54) is 38.1 Å². The highest BCUT2D eigenvalue weighted by molar-refractivity contribution is 5.91. The van der Waals surface area contributed by atoms with E-state index in [1.807, 2.05) is 0 Å². The fourth-order valence-corrected chi connectivity index (χ4v) is 3.02. The van der Waals surface area contributed by atoms with Gasteiger partial charge in [0.2, 0.25) is 13.6 Å². The van der Waals surface area contributed by atoms with Crippen LogP contribution in [-0.4, -0.2) is 43.8 Å². The molecular weight excluding hydrogens is 564 g/mol. The maximum atomic E-state index is 12.5. The maximum Gasteiger partial charge on any atom is 0.516 e. The number of hydrogen-bond donors (Lipinski definition) is 0. The third-order valence-electron chi connectivity index (χ3n) is 5.18. The highest BCUT2D eigenvalue weighted by Crippen LogP contribution is 2.25. The Bertz CT molecular complexity index is 1500. The van der Waals surface area contributed by atoms with Gasteiger partial charge in [0, 0.05) is 11.1 Å². The van der Waals surface area contributed by atoms with Crippen molar-refractivity contribution in [3.05, 3.63) is 103 Å².